The second-order valence-corrected chi connectivity index (χ2v) is 7.53. The Morgan fingerprint density at radius 1 is 0.929 bits per heavy atom. The molecule has 0 saturated carbocycles. The van der Waals surface area contributed by atoms with Crippen LogP contribution in [0.2, 0.25) is 0 Å². The van der Waals surface area contributed by atoms with Gasteiger partial charge in [0, 0.05) is 22.0 Å². The van der Waals surface area contributed by atoms with E-state index in [-0.39, 0.29) is 17.6 Å². The maximum absolute atomic E-state index is 12.5. The summed E-state index contributed by atoms with van der Waals surface area (Å²) >= 11 is 1.44. The molecule has 0 aliphatic carbocycles. The van der Waals surface area contributed by atoms with Gasteiger partial charge in [-0.2, -0.15) is 0 Å². The maximum atomic E-state index is 12.5. The lowest BCUT2D eigenvalue weighted by Gasteiger charge is -2.10. The van der Waals surface area contributed by atoms with Gasteiger partial charge in [0.05, 0.1) is 11.3 Å². The van der Waals surface area contributed by atoms with Crippen LogP contribution in [0.1, 0.15) is 27.3 Å². The van der Waals surface area contributed by atoms with Crippen molar-refractivity contribution in [2.24, 2.45) is 0 Å². The standard InChI is InChI=1S/C22H23N3O2S/c1-15-9-7-8-12-20(15)28-14-21(26)23-24-22(27)19-13-16(2)25(17(19)3)18-10-5-4-6-11-18/h4-13H,14H2,1-3H3,(H,23,26)(H,24,27). The predicted molar refractivity (Wildman–Crippen MR) is 113 cm³/mol. The van der Waals surface area contributed by atoms with Crippen LogP contribution in [0.15, 0.2) is 65.6 Å². The molecule has 2 N–H and O–H groups in total. The van der Waals surface area contributed by atoms with Gasteiger partial charge in [0.1, 0.15) is 0 Å². The van der Waals surface area contributed by atoms with E-state index in [0.29, 0.717) is 5.56 Å². The highest BCUT2D eigenvalue weighted by atomic mass is 32.2. The molecule has 3 rings (SSSR count). The Bertz CT molecular complexity index is 996. The second-order valence-electron chi connectivity index (χ2n) is 6.51. The molecule has 6 heteroatoms. The van der Waals surface area contributed by atoms with Crippen LogP contribution in [-0.2, 0) is 4.79 Å². The maximum Gasteiger partial charge on any atom is 0.271 e. The predicted octanol–water partition coefficient (Wildman–Crippen LogP) is 3.96. The van der Waals surface area contributed by atoms with Crippen molar-refractivity contribution in [3.63, 3.8) is 0 Å². The lowest BCUT2D eigenvalue weighted by atomic mass is 10.2. The number of rotatable bonds is 5. The molecule has 0 atom stereocenters. The Balaban J connectivity index is 1.61. The summed E-state index contributed by atoms with van der Waals surface area (Å²) in [5, 5.41) is 0. The third-order valence-corrected chi connectivity index (χ3v) is 5.63. The largest absolute Gasteiger partial charge is 0.318 e. The molecule has 0 spiro atoms. The van der Waals surface area contributed by atoms with Gasteiger partial charge in [0.2, 0.25) is 5.91 Å². The van der Waals surface area contributed by atoms with Crippen LogP contribution in [0.5, 0.6) is 0 Å². The minimum absolute atomic E-state index is 0.230. The Morgan fingerprint density at radius 2 is 1.61 bits per heavy atom. The normalized spacial score (nSPS) is 10.5. The minimum Gasteiger partial charge on any atom is -0.318 e. The van der Waals surface area contributed by atoms with Gasteiger partial charge in [-0.25, -0.2) is 0 Å². The van der Waals surface area contributed by atoms with Crippen LogP contribution in [0.4, 0.5) is 0 Å². The molecule has 2 amide bonds. The van der Waals surface area contributed by atoms with E-state index in [0.717, 1.165) is 27.5 Å². The van der Waals surface area contributed by atoms with Gasteiger partial charge in [0.25, 0.3) is 5.91 Å². The average Bonchev–Trinajstić information content (AvgIpc) is 3.00. The number of carbonyl (C=O) groups is 2. The summed E-state index contributed by atoms with van der Waals surface area (Å²) < 4.78 is 2.02. The van der Waals surface area contributed by atoms with Crippen molar-refractivity contribution in [3.05, 3.63) is 83.2 Å². The van der Waals surface area contributed by atoms with Gasteiger partial charge < -0.3 is 4.57 Å². The molecule has 0 aliphatic heterocycles. The van der Waals surface area contributed by atoms with Crippen molar-refractivity contribution < 1.29 is 9.59 Å². The topological polar surface area (TPSA) is 63.1 Å². The van der Waals surface area contributed by atoms with E-state index >= 15 is 0 Å². The summed E-state index contributed by atoms with van der Waals surface area (Å²) in [4.78, 5) is 25.7. The Labute approximate surface area is 169 Å². The third kappa shape index (κ3) is 4.46. The summed E-state index contributed by atoms with van der Waals surface area (Å²) in [5.74, 6) is -0.350. The lowest BCUT2D eigenvalue weighted by Crippen LogP contribution is -2.42. The van der Waals surface area contributed by atoms with Crippen molar-refractivity contribution in [1.82, 2.24) is 15.4 Å². The molecule has 0 saturated heterocycles. The number of hydrogen-bond donors (Lipinski definition) is 2. The van der Waals surface area contributed by atoms with Crippen molar-refractivity contribution in [2.45, 2.75) is 25.7 Å². The first-order chi connectivity index (χ1) is 13.5. The molecule has 0 unspecified atom stereocenters. The van der Waals surface area contributed by atoms with E-state index < -0.39 is 0 Å². The first-order valence-corrected chi connectivity index (χ1v) is 9.98. The highest BCUT2D eigenvalue weighted by Crippen LogP contribution is 2.22. The summed E-state index contributed by atoms with van der Waals surface area (Å²) in [7, 11) is 0. The average molecular weight is 394 g/mol. The van der Waals surface area contributed by atoms with Gasteiger partial charge in [-0.15, -0.1) is 11.8 Å². The number of thioether (sulfide) groups is 1. The van der Waals surface area contributed by atoms with Crippen LogP contribution in [-0.4, -0.2) is 22.1 Å². The molecule has 0 bridgehead atoms. The highest BCUT2D eigenvalue weighted by Gasteiger charge is 2.17. The number of nitrogens with one attached hydrogen (secondary N) is 2. The van der Waals surface area contributed by atoms with Gasteiger partial charge >= 0.3 is 0 Å². The SMILES string of the molecule is Cc1ccccc1SCC(=O)NNC(=O)c1cc(C)n(-c2ccccc2)c1C. The van der Waals surface area contributed by atoms with E-state index in [1.807, 2.05) is 86.0 Å². The van der Waals surface area contributed by atoms with Gasteiger partial charge in [-0.1, -0.05) is 36.4 Å². The Hall–Kier alpha value is -2.99. The molecule has 2 aromatic carbocycles. The number of para-hydroxylation sites is 1. The van der Waals surface area contributed by atoms with E-state index in [2.05, 4.69) is 10.9 Å². The number of hydrazine groups is 1. The van der Waals surface area contributed by atoms with Gasteiger partial charge in [-0.05, 0) is 50.6 Å². The zero-order valence-electron chi connectivity index (χ0n) is 16.2. The number of aromatic nitrogens is 1. The number of benzene rings is 2. The zero-order valence-corrected chi connectivity index (χ0v) is 17.0. The summed E-state index contributed by atoms with van der Waals surface area (Å²) in [5.41, 5.74) is 9.45. The number of aryl methyl sites for hydroxylation is 2. The number of carbonyl (C=O) groups excluding carboxylic acids is 2. The third-order valence-electron chi connectivity index (χ3n) is 4.46. The molecule has 1 aromatic heterocycles. The molecule has 0 aliphatic rings. The number of nitrogens with zero attached hydrogens (tertiary/aromatic N) is 1. The zero-order chi connectivity index (χ0) is 20.1. The quantitative estimate of drug-likeness (QED) is 0.510. The molecule has 28 heavy (non-hydrogen) atoms. The molecule has 5 nitrogen and oxygen atoms in total. The monoisotopic (exact) mass is 393 g/mol. The van der Waals surface area contributed by atoms with Crippen molar-refractivity contribution in [2.75, 3.05) is 5.75 Å². The van der Waals surface area contributed by atoms with E-state index in [1.165, 1.54) is 11.8 Å². The summed E-state index contributed by atoms with van der Waals surface area (Å²) in [6, 6.07) is 19.6. The lowest BCUT2D eigenvalue weighted by molar-refractivity contribution is -0.119. The smallest absolute Gasteiger partial charge is 0.271 e. The molecule has 3 aromatic rings. The molecule has 144 valence electrons. The fraction of sp³-hybridized carbons (Fsp3) is 0.182. The van der Waals surface area contributed by atoms with E-state index in [9.17, 15) is 9.59 Å². The van der Waals surface area contributed by atoms with Crippen LogP contribution >= 0.6 is 11.8 Å². The van der Waals surface area contributed by atoms with E-state index in [4.69, 9.17) is 0 Å². The number of hydrogen-bond acceptors (Lipinski definition) is 3. The molecular weight excluding hydrogens is 370 g/mol. The molecule has 1 heterocycles. The van der Waals surface area contributed by atoms with Crippen LogP contribution in [0, 0.1) is 20.8 Å². The first-order valence-electron chi connectivity index (χ1n) is 8.99. The number of amides is 2. The fourth-order valence-corrected chi connectivity index (χ4v) is 3.89. The van der Waals surface area contributed by atoms with E-state index in [1.54, 1.807) is 0 Å². The van der Waals surface area contributed by atoms with Crippen LogP contribution in [0.25, 0.3) is 5.69 Å². The summed E-state index contributed by atoms with van der Waals surface area (Å²) in [6.45, 7) is 5.85. The molecular formula is C22H23N3O2S. The first kappa shape index (κ1) is 19.8. The fourth-order valence-electron chi connectivity index (χ4n) is 3.06. The molecule has 0 fully saturated rings. The Kier molecular flexibility index (Phi) is 6.21. The van der Waals surface area contributed by atoms with Crippen LogP contribution in [0.3, 0.4) is 0 Å². The molecule has 0 radical (unpaired) electrons. The van der Waals surface area contributed by atoms with Crippen molar-refractivity contribution >= 4 is 23.6 Å². The van der Waals surface area contributed by atoms with Gasteiger partial charge in [0.15, 0.2) is 0 Å². The second kappa shape index (κ2) is 8.80. The Morgan fingerprint density at radius 3 is 2.32 bits per heavy atom. The van der Waals surface area contributed by atoms with Crippen molar-refractivity contribution in [3.8, 4) is 5.69 Å². The summed E-state index contributed by atoms with van der Waals surface area (Å²) in [6.07, 6.45) is 0. The minimum atomic E-state index is -0.329. The highest BCUT2D eigenvalue weighted by molar-refractivity contribution is 8.00. The van der Waals surface area contributed by atoms with Gasteiger partial charge in [-0.3, -0.25) is 20.4 Å². The van der Waals surface area contributed by atoms with Crippen molar-refractivity contribution in [1.29, 1.82) is 0 Å². The van der Waals surface area contributed by atoms with Crippen LogP contribution < -0.4 is 10.9 Å².